The van der Waals surface area contributed by atoms with E-state index in [0.29, 0.717) is 12.8 Å². The van der Waals surface area contributed by atoms with Gasteiger partial charge < -0.3 is 20.1 Å². The molecular weight excluding hydrogens is 593 g/mol. The van der Waals surface area contributed by atoms with Crippen LogP contribution in [0.4, 0.5) is 0 Å². The standard InChI is InChI=1S/C35H64NO8P/c1-3-5-7-9-11-12-13-14-15-16-17-18-19-20-22-24-26-28-35(38)44-33(32-43-45(39,40)42-30-29-36)31-41-34(37)27-25-23-21-10-8-6-4-2/h14-15,17-18,20,22,33H,3-13,16,19,21,23-32,36H2,1-2H3,(H,39,40)/b15-14+,18-17+,22-20+/t33-/m1/s1. The molecule has 0 aromatic rings. The molecule has 0 saturated heterocycles. The molecule has 0 aromatic heterocycles. The van der Waals surface area contributed by atoms with Crippen LogP contribution in [0, 0.1) is 0 Å². The monoisotopic (exact) mass is 657 g/mol. The summed E-state index contributed by atoms with van der Waals surface area (Å²) in [5.41, 5.74) is 5.30. The zero-order valence-electron chi connectivity index (χ0n) is 28.3. The van der Waals surface area contributed by atoms with E-state index >= 15 is 0 Å². The van der Waals surface area contributed by atoms with Gasteiger partial charge in [0.25, 0.3) is 0 Å². The van der Waals surface area contributed by atoms with E-state index in [-0.39, 0.29) is 32.6 Å². The fraction of sp³-hybridized carbons (Fsp3) is 0.771. The van der Waals surface area contributed by atoms with Crippen molar-refractivity contribution in [1.29, 1.82) is 0 Å². The first kappa shape index (κ1) is 43.2. The summed E-state index contributed by atoms with van der Waals surface area (Å²) < 4.78 is 32.4. The first-order chi connectivity index (χ1) is 21.8. The Morgan fingerprint density at radius 1 is 0.667 bits per heavy atom. The smallest absolute Gasteiger partial charge is 0.462 e. The third-order valence-electron chi connectivity index (χ3n) is 7.03. The molecular formula is C35H64NO8P. The van der Waals surface area contributed by atoms with Crippen molar-refractivity contribution in [2.24, 2.45) is 5.73 Å². The van der Waals surface area contributed by atoms with Gasteiger partial charge in [0.1, 0.15) is 6.61 Å². The molecule has 2 atom stereocenters. The van der Waals surface area contributed by atoms with Gasteiger partial charge in [0.15, 0.2) is 6.10 Å². The van der Waals surface area contributed by atoms with Crippen molar-refractivity contribution >= 4 is 19.8 Å². The molecule has 0 aromatic carbocycles. The topological polar surface area (TPSA) is 134 Å². The summed E-state index contributed by atoms with van der Waals surface area (Å²) in [6, 6.07) is 0. The van der Waals surface area contributed by atoms with Crippen molar-refractivity contribution in [3.05, 3.63) is 36.5 Å². The quantitative estimate of drug-likeness (QED) is 0.0314. The van der Waals surface area contributed by atoms with Gasteiger partial charge in [-0.05, 0) is 44.9 Å². The summed E-state index contributed by atoms with van der Waals surface area (Å²) in [6.45, 7) is 3.59. The predicted octanol–water partition coefficient (Wildman–Crippen LogP) is 9.04. The first-order valence-corrected chi connectivity index (χ1v) is 19.0. The Morgan fingerprint density at radius 2 is 1.18 bits per heavy atom. The fourth-order valence-corrected chi connectivity index (χ4v) is 5.18. The van der Waals surface area contributed by atoms with E-state index in [0.717, 1.165) is 44.9 Å². The molecule has 0 aliphatic rings. The Morgan fingerprint density at radius 3 is 1.78 bits per heavy atom. The van der Waals surface area contributed by atoms with Crippen molar-refractivity contribution in [3.8, 4) is 0 Å². The minimum absolute atomic E-state index is 0.0456. The number of carbonyl (C=O) groups excluding carboxylic acids is 2. The minimum Gasteiger partial charge on any atom is -0.462 e. The lowest BCUT2D eigenvalue weighted by atomic mass is 10.1. The van der Waals surface area contributed by atoms with Crippen LogP contribution >= 0.6 is 7.82 Å². The zero-order chi connectivity index (χ0) is 33.3. The fourth-order valence-electron chi connectivity index (χ4n) is 4.41. The van der Waals surface area contributed by atoms with Crippen LogP contribution in [-0.2, 0) is 32.7 Å². The van der Waals surface area contributed by atoms with Crippen molar-refractivity contribution in [2.75, 3.05) is 26.4 Å². The number of esters is 2. The highest BCUT2D eigenvalue weighted by molar-refractivity contribution is 7.47. The Kier molecular flexibility index (Phi) is 30.9. The third kappa shape index (κ3) is 32.0. The number of carbonyl (C=O) groups is 2. The summed E-state index contributed by atoms with van der Waals surface area (Å²) in [5, 5.41) is 0. The summed E-state index contributed by atoms with van der Waals surface area (Å²) in [5.74, 6) is -0.900. The average Bonchev–Trinajstić information content (AvgIpc) is 3.02. The van der Waals surface area contributed by atoms with E-state index in [1.54, 1.807) is 0 Å². The van der Waals surface area contributed by atoms with Crippen LogP contribution in [0.15, 0.2) is 36.5 Å². The number of ether oxygens (including phenoxy) is 2. The van der Waals surface area contributed by atoms with Crippen molar-refractivity contribution in [2.45, 2.75) is 148 Å². The third-order valence-corrected chi connectivity index (χ3v) is 8.01. The van der Waals surface area contributed by atoms with Crippen LogP contribution < -0.4 is 5.73 Å². The number of hydrogen-bond donors (Lipinski definition) is 2. The van der Waals surface area contributed by atoms with Crippen molar-refractivity contribution in [1.82, 2.24) is 0 Å². The lowest BCUT2D eigenvalue weighted by Gasteiger charge is -2.19. The molecule has 9 nitrogen and oxygen atoms in total. The second-order valence-electron chi connectivity index (χ2n) is 11.4. The van der Waals surface area contributed by atoms with Gasteiger partial charge in [-0.25, -0.2) is 4.57 Å². The molecule has 0 bridgehead atoms. The molecule has 0 radical (unpaired) electrons. The van der Waals surface area contributed by atoms with E-state index in [1.165, 1.54) is 57.8 Å². The maximum Gasteiger partial charge on any atom is 0.472 e. The number of hydrogen-bond acceptors (Lipinski definition) is 8. The lowest BCUT2D eigenvalue weighted by Crippen LogP contribution is -2.29. The molecule has 0 fully saturated rings. The van der Waals surface area contributed by atoms with E-state index in [4.69, 9.17) is 24.3 Å². The second kappa shape index (κ2) is 32.2. The summed E-state index contributed by atoms with van der Waals surface area (Å²) in [4.78, 5) is 34.4. The molecule has 10 heteroatoms. The second-order valence-corrected chi connectivity index (χ2v) is 12.8. The molecule has 0 spiro atoms. The number of phosphoric acid groups is 1. The first-order valence-electron chi connectivity index (χ1n) is 17.5. The maximum atomic E-state index is 12.4. The molecule has 0 rings (SSSR count). The number of rotatable bonds is 32. The van der Waals surface area contributed by atoms with Gasteiger partial charge in [0.05, 0.1) is 13.2 Å². The SMILES string of the molecule is CCCCCCCC/C=C/C/C=C/C/C=C/CCCC(=O)O[C@H](COC(=O)CCCCCCCCC)COP(=O)(O)OCCN. The van der Waals surface area contributed by atoms with Gasteiger partial charge in [0.2, 0.25) is 0 Å². The highest BCUT2D eigenvalue weighted by atomic mass is 31.2. The van der Waals surface area contributed by atoms with Gasteiger partial charge >= 0.3 is 19.8 Å². The molecule has 0 heterocycles. The zero-order valence-corrected chi connectivity index (χ0v) is 29.2. The average molecular weight is 658 g/mol. The highest BCUT2D eigenvalue weighted by Gasteiger charge is 2.25. The molecule has 0 aliphatic carbocycles. The van der Waals surface area contributed by atoms with Crippen molar-refractivity contribution < 1.29 is 37.6 Å². The molecule has 262 valence electrons. The summed E-state index contributed by atoms with van der Waals surface area (Å²) >= 11 is 0. The molecule has 0 aliphatic heterocycles. The number of unbranched alkanes of at least 4 members (excludes halogenated alkanes) is 13. The van der Waals surface area contributed by atoms with E-state index < -0.39 is 32.5 Å². The molecule has 1 unspecified atom stereocenters. The van der Waals surface area contributed by atoms with Crippen LogP contribution in [0.25, 0.3) is 0 Å². The van der Waals surface area contributed by atoms with Gasteiger partial charge in [-0.3, -0.25) is 18.6 Å². The Hall–Kier alpha value is -1.77. The van der Waals surface area contributed by atoms with E-state index in [2.05, 4.69) is 44.2 Å². The van der Waals surface area contributed by atoms with Crippen LogP contribution in [0.1, 0.15) is 142 Å². The van der Waals surface area contributed by atoms with Crippen LogP contribution in [0.5, 0.6) is 0 Å². The molecule has 0 saturated carbocycles. The van der Waals surface area contributed by atoms with Crippen molar-refractivity contribution in [3.63, 3.8) is 0 Å². The Balaban J connectivity index is 4.33. The van der Waals surface area contributed by atoms with Gasteiger partial charge in [-0.2, -0.15) is 0 Å². The summed E-state index contributed by atoms with van der Waals surface area (Å²) in [6.07, 6.45) is 32.1. The van der Waals surface area contributed by atoms with Crippen LogP contribution in [0.3, 0.4) is 0 Å². The van der Waals surface area contributed by atoms with E-state index in [1.807, 2.05) is 6.08 Å². The lowest BCUT2D eigenvalue weighted by molar-refractivity contribution is -0.161. The Labute approximate surface area is 274 Å². The van der Waals surface area contributed by atoms with Crippen LogP contribution in [-0.4, -0.2) is 49.3 Å². The van der Waals surface area contributed by atoms with Gasteiger partial charge in [-0.15, -0.1) is 0 Å². The van der Waals surface area contributed by atoms with Gasteiger partial charge in [-0.1, -0.05) is 121 Å². The molecule has 0 amide bonds. The van der Waals surface area contributed by atoms with Gasteiger partial charge in [0, 0.05) is 19.4 Å². The molecule has 3 N–H and O–H groups in total. The Bertz CT molecular complexity index is 846. The predicted molar refractivity (Wildman–Crippen MR) is 183 cm³/mol. The van der Waals surface area contributed by atoms with E-state index in [9.17, 15) is 19.0 Å². The van der Waals surface area contributed by atoms with Crippen LogP contribution in [0.2, 0.25) is 0 Å². The maximum absolute atomic E-state index is 12.4. The number of allylic oxidation sites excluding steroid dienone is 6. The normalized spacial score (nSPS) is 14.0. The number of nitrogens with two attached hydrogens (primary N) is 1. The molecule has 45 heavy (non-hydrogen) atoms. The summed E-state index contributed by atoms with van der Waals surface area (Å²) in [7, 11) is -4.37. The minimum atomic E-state index is -4.37. The number of phosphoric ester groups is 1. The highest BCUT2D eigenvalue weighted by Crippen LogP contribution is 2.43. The largest absolute Gasteiger partial charge is 0.472 e.